The van der Waals surface area contributed by atoms with E-state index in [2.05, 4.69) is 10.3 Å². The highest BCUT2D eigenvalue weighted by atomic mass is 35.5. The molecule has 28 heavy (non-hydrogen) atoms. The van der Waals surface area contributed by atoms with Gasteiger partial charge in [0.1, 0.15) is 0 Å². The smallest absolute Gasteiger partial charge is 0.262 e. The van der Waals surface area contributed by atoms with E-state index >= 15 is 0 Å². The van der Waals surface area contributed by atoms with Gasteiger partial charge in [-0.2, -0.15) is 0 Å². The van der Waals surface area contributed by atoms with Crippen LogP contribution in [-0.2, 0) is 11.3 Å². The van der Waals surface area contributed by atoms with Crippen LogP contribution in [0.3, 0.4) is 0 Å². The standard InChI is InChI=1S/C19H17Cl2N3O3S/c1-27-8-2-7-24-18(26)13-5-3-11(9-16(13)23-19(24)28)17(25)22-12-4-6-14(20)15(21)10-12/h3-6,9-10H,2,7-8H2,1H3,(H,22,25)(H,23,28). The number of carbonyl (C=O) groups excluding carboxylic acids is 1. The fourth-order valence-electron chi connectivity index (χ4n) is 2.74. The fraction of sp³-hybridized carbons (Fsp3) is 0.211. The molecule has 1 heterocycles. The molecule has 1 aromatic heterocycles. The van der Waals surface area contributed by atoms with E-state index in [1.54, 1.807) is 43.5 Å². The Morgan fingerprint density at radius 2 is 2.00 bits per heavy atom. The minimum absolute atomic E-state index is 0.203. The van der Waals surface area contributed by atoms with Gasteiger partial charge in [0.05, 0.1) is 20.9 Å². The first-order valence-electron chi connectivity index (χ1n) is 8.43. The predicted octanol–water partition coefficient (Wildman–Crippen LogP) is 4.65. The van der Waals surface area contributed by atoms with Crippen LogP contribution >= 0.6 is 35.4 Å². The number of rotatable bonds is 6. The lowest BCUT2D eigenvalue weighted by Gasteiger charge is -2.10. The van der Waals surface area contributed by atoms with Crippen LogP contribution in [0.25, 0.3) is 10.9 Å². The van der Waals surface area contributed by atoms with Crippen LogP contribution in [0, 0.1) is 4.77 Å². The number of ether oxygens (including phenoxy) is 1. The molecule has 146 valence electrons. The summed E-state index contributed by atoms with van der Waals surface area (Å²) >= 11 is 17.2. The second-order valence-corrected chi connectivity index (χ2v) is 7.28. The Bertz CT molecular complexity index is 1160. The van der Waals surface area contributed by atoms with Gasteiger partial charge in [-0.05, 0) is 55.0 Å². The first kappa shape index (κ1) is 20.5. The molecule has 3 aromatic rings. The van der Waals surface area contributed by atoms with Gasteiger partial charge in [0.25, 0.3) is 11.5 Å². The summed E-state index contributed by atoms with van der Waals surface area (Å²) in [5.41, 5.74) is 1.19. The first-order valence-corrected chi connectivity index (χ1v) is 9.59. The second kappa shape index (κ2) is 8.87. The molecule has 9 heteroatoms. The Labute approximate surface area is 176 Å². The number of aromatic amines is 1. The van der Waals surface area contributed by atoms with E-state index < -0.39 is 0 Å². The van der Waals surface area contributed by atoms with Gasteiger partial charge in [0, 0.05) is 31.5 Å². The molecule has 0 bridgehead atoms. The quantitative estimate of drug-likeness (QED) is 0.434. The summed E-state index contributed by atoms with van der Waals surface area (Å²) in [6, 6.07) is 9.61. The number of aromatic nitrogens is 2. The van der Waals surface area contributed by atoms with Gasteiger partial charge < -0.3 is 15.0 Å². The third-order valence-corrected chi connectivity index (χ3v) is 5.21. The third kappa shape index (κ3) is 4.44. The number of carbonyl (C=O) groups is 1. The van der Waals surface area contributed by atoms with Crippen molar-refractivity contribution in [2.75, 3.05) is 19.0 Å². The van der Waals surface area contributed by atoms with E-state index in [0.717, 1.165) is 0 Å². The Morgan fingerprint density at radius 3 is 2.71 bits per heavy atom. The summed E-state index contributed by atoms with van der Waals surface area (Å²) in [4.78, 5) is 28.3. The monoisotopic (exact) mass is 437 g/mol. The lowest BCUT2D eigenvalue weighted by Crippen LogP contribution is -2.23. The molecule has 6 nitrogen and oxygen atoms in total. The first-order chi connectivity index (χ1) is 13.4. The van der Waals surface area contributed by atoms with Gasteiger partial charge in [0.15, 0.2) is 4.77 Å². The van der Waals surface area contributed by atoms with Gasteiger partial charge in [-0.1, -0.05) is 23.2 Å². The van der Waals surface area contributed by atoms with E-state index in [-0.39, 0.29) is 11.5 Å². The van der Waals surface area contributed by atoms with Crippen LogP contribution in [0.15, 0.2) is 41.2 Å². The molecular weight excluding hydrogens is 421 g/mol. The van der Waals surface area contributed by atoms with Gasteiger partial charge >= 0.3 is 0 Å². The Morgan fingerprint density at radius 1 is 1.21 bits per heavy atom. The van der Waals surface area contributed by atoms with E-state index in [1.165, 1.54) is 4.57 Å². The van der Waals surface area contributed by atoms with Crippen molar-refractivity contribution in [3.05, 3.63) is 67.1 Å². The van der Waals surface area contributed by atoms with Crippen LogP contribution in [0.4, 0.5) is 5.69 Å². The summed E-state index contributed by atoms with van der Waals surface area (Å²) in [5.74, 6) is -0.344. The van der Waals surface area contributed by atoms with E-state index in [1.807, 2.05) is 0 Å². The van der Waals surface area contributed by atoms with Crippen LogP contribution in [0.1, 0.15) is 16.8 Å². The Balaban J connectivity index is 1.90. The molecule has 0 saturated carbocycles. The van der Waals surface area contributed by atoms with Gasteiger partial charge in [-0.25, -0.2) is 0 Å². The number of anilines is 1. The zero-order valence-corrected chi connectivity index (χ0v) is 17.2. The van der Waals surface area contributed by atoms with Crippen molar-refractivity contribution in [1.82, 2.24) is 9.55 Å². The van der Waals surface area contributed by atoms with E-state index in [0.29, 0.717) is 56.5 Å². The normalized spacial score (nSPS) is 11.0. The molecule has 0 radical (unpaired) electrons. The third-order valence-electron chi connectivity index (χ3n) is 4.15. The minimum atomic E-state index is -0.344. The maximum absolute atomic E-state index is 12.7. The molecule has 3 rings (SSSR count). The molecule has 2 aromatic carbocycles. The average molecular weight is 438 g/mol. The second-order valence-electron chi connectivity index (χ2n) is 6.08. The largest absolute Gasteiger partial charge is 0.385 e. The van der Waals surface area contributed by atoms with Crippen molar-refractivity contribution in [2.24, 2.45) is 0 Å². The summed E-state index contributed by atoms with van der Waals surface area (Å²) in [7, 11) is 1.61. The van der Waals surface area contributed by atoms with Crippen molar-refractivity contribution in [1.29, 1.82) is 0 Å². The van der Waals surface area contributed by atoms with Crippen LogP contribution < -0.4 is 10.9 Å². The molecule has 0 unspecified atom stereocenters. The maximum atomic E-state index is 12.7. The highest BCUT2D eigenvalue weighted by molar-refractivity contribution is 7.71. The fourth-order valence-corrected chi connectivity index (χ4v) is 3.33. The van der Waals surface area contributed by atoms with Gasteiger partial charge in [-0.3, -0.25) is 14.2 Å². The number of fused-ring (bicyclic) bond motifs is 1. The Kier molecular flexibility index (Phi) is 6.51. The molecule has 2 N–H and O–H groups in total. The molecule has 0 fully saturated rings. The maximum Gasteiger partial charge on any atom is 0.262 e. The number of hydrogen-bond donors (Lipinski definition) is 2. The lowest BCUT2D eigenvalue weighted by molar-refractivity contribution is 0.102. The minimum Gasteiger partial charge on any atom is -0.385 e. The number of halogens is 2. The number of nitrogens with zero attached hydrogens (tertiary/aromatic N) is 1. The van der Waals surface area contributed by atoms with Crippen molar-refractivity contribution in [2.45, 2.75) is 13.0 Å². The summed E-state index contributed by atoms with van der Waals surface area (Å²) in [6.07, 6.45) is 0.670. The topological polar surface area (TPSA) is 76.1 Å². The van der Waals surface area contributed by atoms with Crippen molar-refractivity contribution in [3.8, 4) is 0 Å². The molecule has 1 amide bonds. The number of methoxy groups -OCH3 is 1. The molecule has 0 saturated heterocycles. The predicted molar refractivity (Wildman–Crippen MR) is 114 cm³/mol. The highest BCUT2D eigenvalue weighted by Crippen LogP contribution is 2.25. The SMILES string of the molecule is COCCCn1c(=S)[nH]c2cc(C(=O)Nc3ccc(Cl)c(Cl)c3)ccc2c1=O. The average Bonchev–Trinajstić information content (AvgIpc) is 2.67. The zero-order valence-electron chi connectivity index (χ0n) is 14.9. The van der Waals surface area contributed by atoms with Gasteiger partial charge in [0.2, 0.25) is 0 Å². The number of H-pyrrole nitrogens is 1. The molecule has 0 atom stereocenters. The summed E-state index contributed by atoms with van der Waals surface area (Å²) < 4.78 is 6.81. The van der Waals surface area contributed by atoms with Gasteiger partial charge in [-0.15, -0.1) is 0 Å². The molecule has 0 aliphatic carbocycles. The Hall–Kier alpha value is -2.19. The van der Waals surface area contributed by atoms with Crippen LogP contribution in [0.2, 0.25) is 10.0 Å². The van der Waals surface area contributed by atoms with Crippen molar-refractivity contribution < 1.29 is 9.53 Å². The molecule has 0 aliphatic heterocycles. The van der Waals surface area contributed by atoms with Crippen LogP contribution in [-0.4, -0.2) is 29.2 Å². The van der Waals surface area contributed by atoms with E-state index in [4.69, 9.17) is 40.2 Å². The highest BCUT2D eigenvalue weighted by Gasteiger charge is 2.11. The lowest BCUT2D eigenvalue weighted by atomic mass is 10.1. The van der Waals surface area contributed by atoms with E-state index in [9.17, 15) is 9.59 Å². The number of benzene rings is 2. The van der Waals surface area contributed by atoms with Crippen molar-refractivity contribution >= 4 is 57.9 Å². The summed E-state index contributed by atoms with van der Waals surface area (Å²) in [6.45, 7) is 0.991. The summed E-state index contributed by atoms with van der Waals surface area (Å²) in [5, 5.41) is 3.95. The molecule has 0 spiro atoms. The zero-order chi connectivity index (χ0) is 20.3. The van der Waals surface area contributed by atoms with Crippen LogP contribution in [0.5, 0.6) is 0 Å². The molecular formula is C19H17Cl2N3O3S. The number of nitrogens with one attached hydrogen (secondary N) is 2. The van der Waals surface area contributed by atoms with Crippen molar-refractivity contribution in [3.63, 3.8) is 0 Å². The number of amides is 1. The molecule has 0 aliphatic rings. The number of hydrogen-bond acceptors (Lipinski definition) is 4.